The lowest BCUT2D eigenvalue weighted by molar-refractivity contribution is -0.117. The molecule has 2 aliphatic heterocycles. The van der Waals surface area contributed by atoms with Crippen molar-refractivity contribution in [2.75, 3.05) is 40.5 Å². The lowest BCUT2D eigenvalue weighted by Gasteiger charge is -2.26. The minimum Gasteiger partial charge on any atom is -0.509 e. The SMILES string of the molecule is CCN=C=O.CCNC(=O)OC1=C(c2c(C)cc(C)cc2C)C(=O)NC1(C)COC.COCC1(C)NC(=O)C(c2c(C)cc(C)cc2C)=C1O. The molecule has 0 radical (unpaired) electrons. The number of isocyanates is 1. The first-order valence-electron chi connectivity index (χ1n) is 16.4. The van der Waals surface area contributed by atoms with Gasteiger partial charge in [-0.1, -0.05) is 35.4 Å². The number of nitrogens with one attached hydrogen (secondary N) is 3. The predicted octanol–water partition coefficient (Wildman–Crippen LogP) is 5.36. The maximum absolute atomic E-state index is 12.8. The molecule has 2 aromatic rings. The Morgan fingerprint density at radius 2 is 1.22 bits per heavy atom. The van der Waals surface area contributed by atoms with Gasteiger partial charge in [-0.3, -0.25) is 9.59 Å². The Bertz CT molecular complexity index is 1680. The summed E-state index contributed by atoms with van der Waals surface area (Å²) >= 11 is 0. The second kappa shape index (κ2) is 17.8. The van der Waals surface area contributed by atoms with Gasteiger partial charge in [0, 0.05) is 27.3 Å². The number of carbonyl (C=O) groups excluding carboxylic acids is 4. The van der Waals surface area contributed by atoms with E-state index in [1.165, 1.54) is 6.08 Å². The lowest BCUT2D eigenvalue weighted by Crippen LogP contribution is -2.46. The van der Waals surface area contributed by atoms with Gasteiger partial charge in [-0.25, -0.2) is 14.6 Å². The van der Waals surface area contributed by atoms with Gasteiger partial charge in [-0.2, -0.15) is 0 Å². The van der Waals surface area contributed by atoms with E-state index in [9.17, 15) is 19.5 Å². The summed E-state index contributed by atoms with van der Waals surface area (Å²) in [5.74, 6) is -0.175. The third kappa shape index (κ3) is 9.47. The second-order valence-electron chi connectivity index (χ2n) is 12.9. The third-order valence-electron chi connectivity index (χ3n) is 8.18. The van der Waals surface area contributed by atoms with Gasteiger partial charge >= 0.3 is 6.09 Å². The van der Waals surface area contributed by atoms with Crippen LogP contribution in [0.1, 0.15) is 72.2 Å². The van der Waals surface area contributed by atoms with Crippen LogP contribution >= 0.6 is 0 Å². The summed E-state index contributed by atoms with van der Waals surface area (Å²) in [6.45, 7) is 20.4. The number of carbonyl (C=O) groups is 3. The van der Waals surface area contributed by atoms with Crippen molar-refractivity contribution in [3.8, 4) is 0 Å². The minimum absolute atomic E-state index is 0.0550. The first kappa shape index (κ1) is 41.4. The number of hydrogen-bond donors (Lipinski definition) is 4. The molecule has 0 aliphatic carbocycles. The van der Waals surface area contributed by atoms with Gasteiger partial charge in [0.25, 0.3) is 11.8 Å². The summed E-state index contributed by atoms with van der Waals surface area (Å²) in [6, 6.07) is 8.06. The maximum atomic E-state index is 12.8. The standard InChI is InChI=1S/C19H26N2O4.C16H21NO3.C3H5NO/c1-7-20-18(23)25-16-15(17(22)21-19(16,5)10-24-6)14-12(3)8-11(2)9-13(14)4;1-9-6-10(2)12(11(3)7-9)13-14(18)16(4,8-20-5)17-15(13)19;1-2-4-3-5/h8-9H,7,10H2,1-6H3,(H,20,23)(H,21,22);6-7,18H,8H2,1-5H3,(H,17,19);2H2,1H3. The number of rotatable bonds is 9. The van der Waals surface area contributed by atoms with Crippen molar-refractivity contribution >= 4 is 35.1 Å². The van der Waals surface area contributed by atoms with Gasteiger partial charge in [0.05, 0.1) is 24.4 Å². The fourth-order valence-electron chi connectivity index (χ4n) is 6.40. The molecule has 12 nitrogen and oxygen atoms in total. The van der Waals surface area contributed by atoms with Crippen molar-refractivity contribution < 1.29 is 38.5 Å². The summed E-state index contributed by atoms with van der Waals surface area (Å²) < 4.78 is 15.9. The average molecular weight is 693 g/mol. The molecule has 0 aromatic heterocycles. The first-order valence-corrected chi connectivity index (χ1v) is 16.4. The molecule has 2 unspecified atom stereocenters. The van der Waals surface area contributed by atoms with Gasteiger partial charge < -0.3 is 35.3 Å². The molecule has 272 valence electrons. The molecule has 4 N–H and O–H groups in total. The number of aliphatic hydroxyl groups is 1. The van der Waals surface area contributed by atoms with Gasteiger partial charge in [0.1, 0.15) is 16.8 Å². The van der Waals surface area contributed by atoms with Crippen molar-refractivity contribution in [1.82, 2.24) is 16.0 Å². The Balaban J connectivity index is 0.000000311. The number of benzene rings is 2. The molecule has 0 bridgehead atoms. The number of ether oxygens (including phenoxy) is 3. The van der Waals surface area contributed by atoms with Gasteiger partial charge in [-0.05, 0) is 103 Å². The molecule has 2 aliphatic rings. The predicted molar refractivity (Wildman–Crippen MR) is 193 cm³/mol. The molecule has 50 heavy (non-hydrogen) atoms. The van der Waals surface area contributed by atoms with Gasteiger partial charge in [0.15, 0.2) is 5.76 Å². The molecule has 0 saturated heterocycles. The zero-order chi connectivity index (χ0) is 38.0. The Labute approximate surface area is 295 Å². The summed E-state index contributed by atoms with van der Waals surface area (Å²) in [6.07, 6.45) is 0.806. The maximum Gasteiger partial charge on any atom is 0.412 e. The molecule has 2 heterocycles. The Kier molecular flexibility index (Phi) is 14.7. The zero-order valence-corrected chi connectivity index (χ0v) is 31.4. The van der Waals surface area contributed by atoms with Crippen LogP contribution in [0.3, 0.4) is 0 Å². The van der Waals surface area contributed by atoms with Crippen LogP contribution in [0.2, 0.25) is 0 Å². The Hall–Kier alpha value is -4.77. The highest BCUT2D eigenvalue weighted by Crippen LogP contribution is 2.38. The molecule has 2 aromatic carbocycles. The van der Waals surface area contributed by atoms with Crippen molar-refractivity contribution in [2.45, 2.75) is 80.3 Å². The van der Waals surface area contributed by atoms with Crippen molar-refractivity contribution in [1.29, 1.82) is 0 Å². The van der Waals surface area contributed by atoms with Crippen molar-refractivity contribution in [3.05, 3.63) is 80.3 Å². The average Bonchev–Trinajstić information content (AvgIpc) is 3.36. The van der Waals surface area contributed by atoms with E-state index in [4.69, 9.17) is 19.0 Å². The van der Waals surface area contributed by atoms with Crippen LogP contribution in [0.15, 0.2) is 40.8 Å². The quantitative estimate of drug-likeness (QED) is 0.202. The molecule has 0 saturated carbocycles. The molecule has 0 spiro atoms. The van der Waals surface area contributed by atoms with Crippen molar-refractivity contribution in [3.63, 3.8) is 0 Å². The highest BCUT2D eigenvalue weighted by Gasteiger charge is 2.46. The second-order valence-corrected chi connectivity index (χ2v) is 12.9. The van der Waals surface area contributed by atoms with E-state index < -0.39 is 17.2 Å². The lowest BCUT2D eigenvalue weighted by atomic mass is 9.91. The number of methoxy groups -OCH3 is 2. The van der Waals surface area contributed by atoms with E-state index in [1.807, 2.05) is 65.8 Å². The minimum atomic E-state index is -0.907. The van der Waals surface area contributed by atoms with Crippen LogP contribution in [-0.2, 0) is 28.6 Å². The van der Waals surface area contributed by atoms with E-state index in [2.05, 4.69) is 20.9 Å². The van der Waals surface area contributed by atoms with E-state index in [-0.39, 0.29) is 30.8 Å². The van der Waals surface area contributed by atoms with E-state index in [0.717, 1.165) is 44.5 Å². The molecule has 0 fully saturated rings. The number of aliphatic hydroxyl groups excluding tert-OH is 1. The van der Waals surface area contributed by atoms with E-state index in [0.29, 0.717) is 30.0 Å². The van der Waals surface area contributed by atoms with Gasteiger partial charge in [0.2, 0.25) is 6.08 Å². The van der Waals surface area contributed by atoms with Crippen LogP contribution in [0, 0.1) is 41.5 Å². The number of aliphatic imine (C=N–C) groups is 1. The van der Waals surface area contributed by atoms with E-state index >= 15 is 0 Å². The molecular formula is C38H52N4O8. The van der Waals surface area contributed by atoms with Crippen LogP contribution in [0.25, 0.3) is 11.1 Å². The largest absolute Gasteiger partial charge is 0.509 e. The fourth-order valence-corrected chi connectivity index (χ4v) is 6.40. The third-order valence-corrected chi connectivity index (χ3v) is 8.18. The zero-order valence-electron chi connectivity index (χ0n) is 31.4. The normalized spacial score (nSPS) is 19.4. The summed E-state index contributed by atoms with van der Waals surface area (Å²) in [4.78, 5) is 49.4. The molecule has 4 rings (SSSR count). The molecular weight excluding hydrogens is 640 g/mol. The van der Waals surface area contributed by atoms with Gasteiger partial charge in [-0.15, -0.1) is 0 Å². The summed E-state index contributed by atoms with van der Waals surface area (Å²) in [5, 5.41) is 18.8. The first-order chi connectivity index (χ1) is 23.4. The van der Waals surface area contributed by atoms with Crippen molar-refractivity contribution in [2.24, 2.45) is 4.99 Å². The molecule has 2 atom stereocenters. The monoisotopic (exact) mass is 692 g/mol. The summed E-state index contributed by atoms with van der Waals surface area (Å²) in [5.41, 5.74) is 6.74. The topological polar surface area (TPSA) is 165 Å². The Morgan fingerprint density at radius 1 is 0.800 bits per heavy atom. The number of alkyl carbamates (subject to hydrolysis) is 1. The number of nitrogens with zero attached hydrogens (tertiary/aromatic N) is 1. The van der Waals surface area contributed by atoms with Crippen LogP contribution in [0.5, 0.6) is 0 Å². The van der Waals surface area contributed by atoms with E-state index in [1.54, 1.807) is 41.9 Å². The smallest absolute Gasteiger partial charge is 0.412 e. The summed E-state index contributed by atoms with van der Waals surface area (Å²) in [7, 11) is 3.09. The number of amides is 3. The highest BCUT2D eigenvalue weighted by molar-refractivity contribution is 6.24. The van der Waals surface area contributed by atoms with Crippen LogP contribution in [0.4, 0.5) is 4.79 Å². The molecule has 12 heteroatoms. The number of hydrogen-bond acceptors (Lipinski definition) is 9. The fraction of sp³-hybridized carbons (Fsp3) is 0.474. The number of aryl methyl sites for hydroxylation is 6. The van der Waals surface area contributed by atoms with Crippen LogP contribution in [-0.4, -0.2) is 80.7 Å². The van der Waals surface area contributed by atoms with Crippen LogP contribution < -0.4 is 16.0 Å². The highest BCUT2D eigenvalue weighted by atomic mass is 16.6. The Morgan fingerprint density at radius 3 is 1.62 bits per heavy atom. The molecule has 3 amide bonds.